The van der Waals surface area contributed by atoms with E-state index in [2.05, 4.69) is 5.10 Å². The lowest BCUT2D eigenvalue weighted by molar-refractivity contribution is 0.595. The first kappa shape index (κ1) is 12.3. The standard InChI is InChI=1S/C16H14FN3O/c17-13-4-2-1-3-12(13)10-19-7-8-20-15(16(19)21)9-14(18-20)11-5-6-11/h1-4,7-9,11H,5-6,10H2. The fraction of sp³-hybridized carbons (Fsp3) is 0.250. The first-order valence-electron chi connectivity index (χ1n) is 7.04. The number of fused-ring (bicyclic) bond motifs is 1. The minimum absolute atomic E-state index is 0.139. The largest absolute Gasteiger partial charge is 0.308 e. The molecule has 0 atom stereocenters. The van der Waals surface area contributed by atoms with Gasteiger partial charge in [0.05, 0.1) is 12.2 Å². The molecule has 0 unspecified atom stereocenters. The molecule has 0 aliphatic heterocycles. The maximum absolute atomic E-state index is 13.7. The zero-order valence-corrected chi connectivity index (χ0v) is 11.4. The average Bonchev–Trinajstić information content (AvgIpc) is 3.24. The van der Waals surface area contributed by atoms with Gasteiger partial charge in [-0.2, -0.15) is 5.10 Å². The van der Waals surface area contributed by atoms with E-state index in [-0.39, 0.29) is 17.9 Å². The zero-order chi connectivity index (χ0) is 14.4. The highest BCUT2D eigenvalue weighted by molar-refractivity contribution is 5.46. The lowest BCUT2D eigenvalue weighted by atomic mass is 10.2. The molecule has 2 aromatic heterocycles. The first-order valence-corrected chi connectivity index (χ1v) is 7.04. The summed E-state index contributed by atoms with van der Waals surface area (Å²) in [6.07, 6.45) is 5.70. The van der Waals surface area contributed by atoms with Crippen molar-refractivity contribution in [2.24, 2.45) is 0 Å². The molecule has 3 aromatic rings. The van der Waals surface area contributed by atoms with Crippen molar-refractivity contribution in [3.05, 3.63) is 70.2 Å². The second-order valence-corrected chi connectivity index (χ2v) is 5.50. The third kappa shape index (κ3) is 2.14. The van der Waals surface area contributed by atoms with Crippen LogP contribution in [0.4, 0.5) is 4.39 Å². The third-order valence-electron chi connectivity index (χ3n) is 3.92. The van der Waals surface area contributed by atoms with E-state index in [1.807, 2.05) is 6.07 Å². The van der Waals surface area contributed by atoms with Gasteiger partial charge in [-0.1, -0.05) is 18.2 Å². The van der Waals surface area contributed by atoms with E-state index in [0.29, 0.717) is 17.0 Å². The van der Waals surface area contributed by atoms with Crippen LogP contribution >= 0.6 is 0 Å². The number of aromatic nitrogens is 3. The van der Waals surface area contributed by atoms with Crippen molar-refractivity contribution in [1.82, 2.24) is 14.2 Å². The van der Waals surface area contributed by atoms with E-state index in [1.165, 1.54) is 10.6 Å². The van der Waals surface area contributed by atoms with Gasteiger partial charge >= 0.3 is 0 Å². The summed E-state index contributed by atoms with van der Waals surface area (Å²) in [5.41, 5.74) is 1.90. The zero-order valence-electron chi connectivity index (χ0n) is 11.4. The van der Waals surface area contributed by atoms with Crippen LogP contribution in [-0.2, 0) is 6.54 Å². The summed E-state index contributed by atoms with van der Waals surface area (Å²) in [7, 11) is 0. The van der Waals surface area contributed by atoms with Crippen molar-refractivity contribution in [3.8, 4) is 0 Å². The van der Waals surface area contributed by atoms with Crippen LogP contribution in [0, 0.1) is 5.82 Å². The van der Waals surface area contributed by atoms with Crippen LogP contribution in [0.5, 0.6) is 0 Å². The summed E-state index contributed by atoms with van der Waals surface area (Å²) in [6.45, 7) is 0.228. The number of hydrogen-bond acceptors (Lipinski definition) is 2. The Kier molecular flexibility index (Phi) is 2.67. The minimum Gasteiger partial charge on any atom is -0.308 e. The molecular weight excluding hydrogens is 269 g/mol. The molecule has 2 heterocycles. The normalized spacial score (nSPS) is 14.7. The van der Waals surface area contributed by atoms with Gasteiger partial charge in [-0.25, -0.2) is 8.91 Å². The van der Waals surface area contributed by atoms with Crippen molar-refractivity contribution in [3.63, 3.8) is 0 Å². The molecule has 1 aliphatic carbocycles. The Bertz CT molecular complexity index is 877. The first-order chi connectivity index (χ1) is 10.2. The lowest BCUT2D eigenvalue weighted by Crippen LogP contribution is -2.22. The van der Waals surface area contributed by atoms with Gasteiger partial charge < -0.3 is 4.57 Å². The smallest absolute Gasteiger partial charge is 0.276 e. The van der Waals surface area contributed by atoms with Crippen LogP contribution in [-0.4, -0.2) is 14.2 Å². The number of hydrogen-bond donors (Lipinski definition) is 0. The Balaban J connectivity index is 1.77. The van der Waals surface area contributed by atoms with Gasteiger partial charge in [0.1, 0.15) is 11.3 Å². The van der Waals surface area contributed by atoms with Crippen molar-refractivity contribution in [2.75, 3.05) is 0 Å². The van der Waals surface area contributed by atoms with Crippen LogP contribution in [0.2, 0.25) is 0 Å². The van der Waals surface area contributed by atoms with E-state index in [1.54, 1.807) is 35.1 Å². The highest BCUT2D eigenvalue weighted by atomic mass is 19.1. The molecule has 0 spiro atoms. The topological polar surface area (TPSA) is 39.3 Å². The van der Waals surface area contributed by atoms with Crippen molar-refractivity contribution in [1.29, 1.82) is 0 Å². The van der Waals surface area contributed by atoms with E-state index >= 15 is 0 Å². The molecule has 5 heteroatoms. The molecule has 0 amide bonds. The number of benzene rings is 1. The van der Waals surface area contributed by atoms with Gasteiger partial charge in [0, 0.05) is 23.9 Å². The Morgan fingerprint density at radius 2 is 2.05 bits per heavy atom. The van der Waals surface area contributed by atoms with Crippen molar-refractivity contribution in [2.45, 2.75) is 25.3 Å². The van der Waals surface area contributed by atoms with Gasteiger partial charge in [0.25, 0.3) is 5.56 Å². The summed E-state index contributed by atoms with van der Waals surface area (Å²) >= 11 is 0. The highest BCUT2D eigenvalue weighted by Crippen LogP contribution is 2.39. The third-order valence-corrected chi connectivity index (χ3v) is 3.92. The molecule has 1 aliphatic rings. The van der Waals surface area contributed by atoms with Gasteiger partial charge in [-0.3, -0.25) is 4.79 Å². The fourth-order valence-corrected chi connectivity index (χ4v) is 2.56. The molecule has 21 heavy (non-hydrogen) atoms. The molecule has 1 aromatic carbocycles. The summed E-state index contributed by atoms with van der Waals surface area (Å²) in [6, 6.07) is 8.37. The highest BCUT2D eigenvalue weighted by Gasteiger charge is 2.26. The molecule has 0 bridgehead atoms. The quantitative estimate of drug-likeness (QED) is 0.741. The predicted molar refractivity (Wildman–Crippen MR) is 76.9 cm³/mol. The maximum atomic E-state index is 13.7. The van der Waals surface area contributed by atoms with Gasteiger partial charge in [0.15, 0.2) is 0 Å². The van der Waals surface area contributed by atoms with Gasteiger partial charge in [-0.15, -0.1) is 0 Å². The number of nitrogens with zero attached hydrogens (tertiary/aromatic N) is 3. The van der Waals surface area contributed by atoms with Crippen LogP contribution in [0.3, 0.4) is 0 Å². The fourth-order valence-electron chi connectivity index (χ4n) is 2.56. The van der Waals surface area contributed by atoms with Crippen LogP contribution in [0.25, 0.3) is 5.52 Å². The average molecular weight is 283 g/mol. The summed E-state index contributed by atoms with van der Waals surface area (Å²) in [5, 5.41) is 4.43. The molecular formula is C16H14FN3O. The van der Waals surface area contributed by atoms with Crippen LogP contribution < -0.4 is 5.56 Å². The summed E-state index contributed by atoms with van der Waals surface area (Å²) in [5.74, 6) is 0.209. The van der Waals surface area contributed by atoms with Gasteiger partial charge in [-0.05, 0) is 25.0 Å². The number of halogens is 1. The Morgan fingerprint density at radius 1 is 1.24 bits per heavy atom. The Labute approximate surface area is 120 Å². The monoisotopic (exact) mass is 283 g/mol. The summed E-state index contributed by atoms with van der Waals surface area (Å²) in [4.78, 5) is 12.5. The summed E-state index contributed by atoms with van der Waals surface area (Å²) < 4.78 is 16.8. The number of rotatable bonds is 3. The second kappa shape index (κ2) is 4.55. The molecule has 4 rings (SSSR count). The molecule has 0 saturated heterocycles. The van der Waals surface area contributed by atoms with Crippen LogP contribution in [0.1, 0.15) is 30.0 Å². The minimum atomic E-state index is -0.295. The Hall–Kier alpha value is -2.43. The van der Waals surface area contributed by atoms with Crippen molar-refractivity contribution >= 4 is 5.52 Å². The van der Waals surface area contributed by atoms with E-state index < -0.39 is 0 Å². The van der Waals surface area contributed by atoms with Crippen LogP contribution in [0.15, 0.2) is 47.5 Å². The van der Waals surface area contributed by atoms with E-state index in [4.69, 9.17) is 0 Å². The van der Waals surface area contributed by atoms with Gasteiger partial charge in [0.2, 0.25) is 0 Å². The molecule has 4 nitrogen and oxygen atoms in total. The molecule has 0 radical (unpaired) electrons. The second-order valence-electron chi connectivity index (χ2n) is 5.50. The molecule has 1 saturated carbocycles. The maximum Gasteiger partial charge on any atom is 0.276 e. The predicted octanol–water partition coefficient (Wildman–Crippen LogP) is 2.56. The molecule has 106 valence electrons. The lowest BCUT2D eigenvalue weighted by Gasteiger charge is -2.06. The van der Waals surface area contributed by atoms with Crippen molar-refractivity contribution < 1.29 is 4.39 Å². The SMILES string of the molecule is O=c1c2cc(C3CC3)nn2ccn1Cc1ccccc1F. The van der Waals surface area contributed by atoms with E-state index in [9.17, 15) is 9.18 Å². The van der Waals surface area contributed by atoms with E-state index in [0.717, 1.165) is 18.5 Å². The molecule has 1 fully saturated rings. The molecule has 0 N–H and O–H groups in total. The Morgan fingerprint density at radius 3 is 2.81 bits per heavy atom.